The van der Waals surface area contributed by atoms with Gasteiger partial charge in [0.15, 0.2) is 0 Å². The van der Waals surface area contributed by atoms with E-state index < -0.39 is 15.8 Å². The molecule has 7 heteroatoms. The SMILES string of the molecule is CC(C)N(CC1CCNCC1)S(=O)(=O)c1cncc(F)c1. The molecule has 5 nitrogen and oxygen atoms in total. The van der Waals surface area contributed by atoms with Crippen LogP contribution >= 0.6 is 0 Å². The van der Waals surface area contributed by atoms with Gasteiger partial charge in [-0.25, -0.2) is 12.8 Å². The first-order chi connectivity index (χ1) is 9.91. The van der Waals surface area contributed by atoms with Crippen molar-refractivity contribution in [3.05, 3.63) is 24.3 Å². The second kappa shape index (κ2) is 6.81. The van der Waals surface area contributed by atoms with E-state index in [-0.39, 0.29) is 10.9 Å². The molecule has 0 spiro atoms. The smallest absolute Gasteiger partial charge is 0.244 e. The first-order valence-electron chi connectivity index (χ1n) is 7.24. The lowest BCUT2D eigenvalue weighted by Gasteiger charge is -2.31. The van der Waals surface area contributed by atoms with Crippen LogP contribution in [0.2, 0.25) is 0 Å². The van der Waals surface area contributed by atoms with Crippen LogP contribution in [0.3, 0.4) is 0 Å². The highest BCUT2D eigenvalue weighted by atomic mass is 32.2. The summed E-state index contributed by atoms with van der Waals surface area (Å²) in [6, 6.07) is 0.855. The predicted octanol–water partition coefficient (Wildman–Crippen LogP) is 1.62. The molecule has 1 aromatic rings. The maximum atomic E-state index is 13.3. The van der Waals surface area contributed by atoms with Crippen LogP contribution in [0, 0.1) is 11.7 Å². The van der Waals surface area contributed by atoms with E-state index >= 15 is 0 Å². The fourth-order valence-corrected chi connectivity index (χ4v) is 4.26. The Morgan fingerprint density at radius 2 is 2.05 bits per heavy atom. The Balaban J connectivity index is 2.23. The molecule has 1 aromatic heterocycles. The molecule has 0 bridgehead atoms. The summed E-state index contributed by atoms with van der Waals surface area (Å²) in [4.78, 5) is 3.57. The number of aromatic nitrogens is 1. The number of rotatable bonds is 5. The standard InChI is InChI=1S/C14H22FN3O2S/c1-11(2)18(10-12-3-5-16-6-4-12)21(19,20)14-7-13(15)8-17-9-14/h7-9,11-12,16H,3-6,10H2,1-2H3. The van der Waals surface area contributed by atoms with E-state index in [0.717, 1.165) is 38.2 Å². The van der Waals surface area contributed by atoms with Crippen LogP contribution in [-0.2, 0) is 10.0 Å². The van der Waals surface area contributed by atoms with E-state index in [1.165, 1.54) is 10.5 Å². The third-order valence-electron chi connectivity index (χ3n) is 3.76. The normalized spacial score (nSPS) is 17.6. The van der Waals surface area contributed by atoms with Crippen LogP contribution in [0.1, 0.15) is 26.7 Å². The van der Waals surface area contributed by atoms with Crippen molar-refractivity contribution in [2.75, 3.05) is 19.6 Å². The van der Waals surface area contributed by atoms with Crippen molar-refractivity contribution in [3.63, 3.8) is 0 Å². The average molecular weight is 315 g/mol. The Kier molecular flexibility index (Phi) is 5.29. The molecular weight excluding hydrogens is 293 g/mol. The van der Waals surface area contributed by atoms with Crippen LogP contribution in [0.4, 0.5) is 4.39 Å². The van der Waals surface area contributed by atoms with Crippen molar-refractivity contribution in [2.45, 2.75) is 37.6 Å². The first kappa shape index (κ1) is 16.3. The highest BCUT2D eigenvalue weighted by Crippen LogP contribution is 2.22. The molecule has 0 saturated carbocycles. The van der Waals surface area contributed by atoms with Crippen molar-refractivity contribution in [1.29, 1.82) is 0 Å². The van der Waals surface area contributed by atoms with Gasteiger partial charge >= 0.3 is 0 Å². The molecule has 1 aliphatic rings. The van der Waals surface area contributed by atoms with Gasteiger partial charge in [-0.05, 0) is 51.8 Å². The number of hydrogen-bond donors (Lipinski definition) is 1. The number of hydrogen-bond acceptors (Lipinski definition) is 4. The van der Waals surface area contributed by atoms with Crippen molar-refractivity contribution in [1.82, 2.24) is 14.6 Å². The van der Waals surface area contributed by atoms with Crippen molar-refractivity contribution in [2.24, 2.45) is 5.92 Å². The second-order valence-corrected chi connectivity index (χ2v) is 7.59. The van der Waals surface area contributed by atoms with Crippen LogP contribution < -0.4 is 5.32 Å². The first-order valence-corrected chi connectivity index (χ1v) is 8.68. The maximum Gasteiger partial charge on any atom is 0.244 e. The summed E-state index contributed by atoms with van der Waals surface area (Å²) in [5.41, 5.74) is 0. The van der Waals surface area contributed by atoms with Gasteiger partial charge < -0.3 is 5.32 Å². The molecule has 118 valence electrons. The van der Waals surface area contributed by atoms with Crippen molar-refractivity contribution in [3.8, 4) is 0 Å². The Bertz CT molecular complexity index is 571. The molecule has 1 fully saturated rings. The fraction of sp³-hybridized carbons (Fsp3) is 0.643. The number of piperidine rings is 1. The minimum Gasteiger partial charge on any atom is -0.317 e. The van der Waals surface area contributed by atoms with Gasteiger partial charge in [0.1, 0.15) is 10.7 Å². The number of halogens is 1. The largest absolute Gasteiger partial charge is 0.317 e. The Labute approximate surface area is 125 Å². The summed E-state index contributed by atoms with van der Waals surface area (Å²) >= 11 is 0. The monoisotopic (exact) mass is 315 g/mol. The lowest BCUT2D eigenvalue weighted by atomic mass is 9.98. The zero-order valence-corrected chi connectivity index (χ0v) is 13.2. The molecule has 1 aliphatic heterocycles. The Morgan fingerprint density at radius 3 is 2.62 bits per heavy atom. The molecule has 0 aromatic carbocycles. The van der Waals surface area contributed by atoms with Crippen LogP contribution in [-0.4, -0.2) is 43.4 Å². The maximum absolute atomic E-state index is 13.3. The zero-order chi connectivity index (χ0) is 15.5. The third kappa shape index (κ3) is 3.99. The summed E-state index contributed by atoms with van der Waals surface area (Å²) in [6.07, 6.45) is 4.13. The highest BCUT2D eigenvalue weighted by molar-refractivity contribution is 7.89. The molecule has 0 unspecified atom stereocenters. The quantitative estimate of drug-likeness (QED) is 0.897. The molecule has 1 saturated heterocycles. The van der Waals surface area contributed by atoms with Gasteiger partial charge in [0.2, 0.25) is 10.0 Å². The predicted molar refractivity (Wildman–Crippen MR) is 78.8 cm³/mol. The van der Waals surface area contributed by atoms with Crippen molar-refractivity contribution >= 4 is 10.0 Å². The minimum atomic E-state index is -3.71. The molecule has 2 heterocycles. The molecule has 1 N–H and O–H groups in total. The van der Waals surface area contributed by atoms with E-state index in [4.69, 9.17) is 0 Å². The molecule has 2 rings (SSSR count). The van der Waals surface area contributed by atoms with E-state index in [2.05, 4.69) is 10.3 Å². The zero-order valence-electron chi connectivity index (χ0n) is 12.4. The van der Waals surface area contributed by atoms with Crippen LogP contribution in [0.5, 0.6) is 0 Å². The van der Waals surface area contributed by atoms with Gasteiger partial charge in [-0.2, -0.15) is 4.31 Å². The van der Waals surface area contributed by atoms with E-state index in [1.807, 2.05) is 13.8 Å². The molecule has 0 amide bonds. The molecule has 0 radical (unpaired) electrons. The molecular formula is C14H22FN3O2S. The van der Waals surface area contributed by atoms with Crippen molar-refractivity contribution < 1.29 is 12.8 Å². The molecule has 21 heavy (non-hydrogen) atoms. The number of pyridine rings is 1. The Hall–Kier alpha value is -1.05. The van der Waals surface area contributed by atoms with E-state index in [0.29, 0.717) is 12.5 Å². The lowest BCUT2D eigenvalue weighted by Crippen LogP contribution is -2.42. The number of sulfonamides is 1. The lowest BCUT2D eigenvalue weighted by molar-refractivity contribution is 0.260. The Morgan fingerprint density at radius 1 is 1.38 bits per heavy atom. The minimum absolute atomic E-state index is 0.0786. The average Bonchev–Trinajstić information content (AvgIpc) is 2.45. The van der Waals surface area contributed by atoms with Gasteiger partial charge in [-0.1, -0.05) is 0 Å². The van der Waals surface area contributed by atoms with Gasteiger partial charge in [-0.3, -0.25) is 4.98 Å². The van der Waals surface area contributed by atoms with Gasteiger partial charge in [-0.15, -0.1) is 0 Å². The third-order valence-corrected chi connectivity index (χ3v) is 5.77. The summed E-state index contributed by atoms with van der Waals surface area (Å²) in [7, 11) is -3.71. The molecule has 0 aliphatic carbocycles. The molecule has 0 atom stereocenters. The van der Waals surface area contributed by atoms with Crippen LogP contribution in [0.15, 0.2) is 23.4 Å². The summed E-state index contributed by atoms with van der Waals surface area (Å²) in [5.74, 6) is -0.299. The van der Waals surface area contributed by atoms with Crippen LogP contribution in [0.25, 0.3) is 0 Å². The number of nitrogens with one attached hydrogen (secondary N) is 1. The second-order valence-electron chi connectivity index (χ2n) is 5.70. The van der Waals surface area contributed by atoms with E-state index in [1.54, 1.807) is 0 Å². The summed E-state index contributed by atoms with van der Waals surface area (Å²) in [5, 5.41) is 3.27. The topological polar surface area (TPSA) is 62.3 Å². The van der Waals surface area contributed by atoms with Gasteiger partial charge in [0.05, 0.1) is 6.20 Å². The summed E-state index contributed by atoms with van der Waals surface area (Å²) in [6.45, 7) is 5.98. The van der Waals surface area contributed by atoms with Gasteiger partial charge in [0, 0.05) is 18.8 Å². The summed E-state index contributed by atoms with van der Waals surface area (Å²) < 4.78 is 40.1. The fourth-order valence-electron chi connectivity index (χ4n) is 2.57. The highest BCUT2D eigenvalue weighted by Gasteiger charge is 2.30. The van der Waals surface area contributed by atoms with E-state index in [9.17, 15) is 12.8 Å². The van der Waals surface area contributed by atoms with Gasteiger partial charge in [0.25, 0.3) is 0 Å². The number of nitrogens with zero attached hydrogens (tertiary/aromatic N) is 2.